The molecule has 146 valence electrons. The number of para-hydroxylation sites is 1. The van der Waals surface area contributed by atoms with Crippen molar-refractivity contribution < 1.29 is 13.2 Å². The van der Waals surface area contributed by atoms with E-state index in [4.69, 9.17) is 0 Å². The third-order valence-corrected chi connectivity index (χ3v) is 5.72. The number of rotatable bonds is 10. The van der Waals surface area contributed by atoms with Gasteiger partial charge >= 0.3 is 0 Å². The van der Waals surface area contributed by atoms with Crippen molar-refractivity contribution >= 4 is 21.6 Å². The number of carbonyl (C=O) groups is 1. The molecule has 27 heavy (non-hydrogen) atoms. The van der Waals surface area contributed by atoms with Gasteiger partial charge in [0.15, 0.2) is 0 Å². The number of hydrogen-bond acceptors (Lipinski definition) is 4. The third kappa shape index (κ3) is 6.37. The van der Waals surface area contributed by atoms with Gasteiger partial charge in [0.25, 0.3) is 0 Å². The highest BCUT2D eigenvalue weighted by atomic mass is 32.2. The number of sulfonamides is 1. The number of likely N-dealkylation sites (N-methyl/N-ethyl adjacent to an activating group) is 1. The van der Waals surface area contributed by atoms with Crippen molar-refractivity contribution in [2.24, 2.45) is 0 Å². The fourth-order valence-corrected chi connectivity index (χ4v) is 3.82. The van der Waals surface area contributed by atoms with Crippen molar-refractivity contribution in [3.63, 3.8) is 0 Å². The molecule has 0 fully saturated rings. The van der Waals surface area contributed by atoms with Crippen molar-refractivity contribution in [2.45, 2.75) is 25.2 Å². The molecule has 7 heteroatoms. The first-order valence-electron chi connectivity index (χ1n) is 9.06. The Morgan fingerprint density at radius 2 is 1.67 bits per heavy atom. The number of anilines is 1. The molecule has 0 aliphatic carbocycles. The van der Waals surface area contributed by atoms with Crippen LogP contribution in [0.3, 0.4) is 0 Å². The maximum absolute atomic E-state index is 12.1. The average molecular weight is 390 g/mol. The zero-order valence-corrected chi connectivity index (χ0v) is 16.6. The van der Waals surface area contributed by atoms with Crippen molar-refractivity contribution in [2.75, 3.05) is 31.1 Å². The van der Waals surface area contributed by atoms with Crippen LogP contribution in [0, 0.1) is 6.92 Å². The lowest BCUT2D eigenvalue weighted by atomic mass is 10.2. The third-order valence-electron chi connectivity index (χ3n) is 4.24. The van der Waals surface area contributed by atoms with E-state index in [1.807, 2.05) is 12.1 Å². The van der Waals surface area contributed by atoms with Gasteiger partial charge in [0, 0.05) is 38.3 Å². The van der Waals surface area contributed by atoms with E-state index >= 15 is 0 Å². The minimum absolute atomic E-state index is 0.0678. The van der Waals surface area contributed by atoms with Gasteiger partial charge in [-0.2, -0.15) is 0 Å². The predicted octanol–water partition coefficient (Wildman–Crippen LogP) is 2.31. The van der Waals surface area contributed by atoms with E-state index in [0.717, 1.165) is 12.2 Å². The van der Waals surface area contributed by atoms with Crippen LogP contribution in [0.25, 0.3) is 0 Å². The zero-order valence-electron chi connectivity index (χ0n) is 15.8. The Balaban J connectivity index is 1.74. The van der Waals surface area contributed by atoms with Gasteiger partial charge in [-0.25, -0.2) is 13.1 Å². The number of hydrogen-bond donors (Lipinski definition) is 2. The molecule has 2 aromatic rings. The fourth-order valence-electron chi connectivity index (χ4n) is 2.77. The molecule has 2 rings (SSSR count). The second-order valence-electron chi connectivity index (χ2n) is 6.18. The fraction of sp³-hybridized carbons (Fsp3) is 0.350. The molecule has 0 atom stereocenters. The Bertz CT molecular complexity index is 839. The quantitative estimate of drug-likeness (QED) is 0.654. The molecule has 0 unspecified atom stereocenters. The van der Waals surface area contributed by atoms with Gasteiger partial charge in [-0.05, 0) is 37.6 Å². The predicted molar refractivity (Wildman–Crippen MR) is 108 cm³/mol. The van der Waals surface area contributed by atoms with Crippen LogP contribution in [-0.2, 0) is 14.8 Å². The summed E-state index contributed by atoms with van der Waals surface area (Å²) in [6, 6.07) is 16.3. The lowest BCUT2D eigenvalue weighted by Gasteiger charge is -2.25. The van der Waals surface area contributed by atoms with Gasteiger partial charge in [0.2, 0.25) is 15.9 Å². The van der Waals surface area contributed by atoms with Gasteiger partial charge in [0.05, 0.1) is 4.90 Å². The summed E-state index contributed by atoms with van der Waals surface area (Å²) in [5.74, 6) is -0.174. The van der Waals surface area contributed by atoms with Gasteiger partial charge in [0.1, 0.15) is 0 Å². The first-order chi connectivity index (χ1) is 12.9. The Morgan fingerprint density at radius 3 is 2.33 bits per heavy atom. The molecule has 0 aromatic heterocycles. The molecule has 0 bridgehead atoms. The molecule has 6 nitrogen and oxygen atoms in total. The smallest absolute Gasteiger partial charge is 0.240 e. The van der Waals surface area contributed by atoms with Crippen molar-refractivity contribution in [1.29, 1.82) is 0 Å². The van der Waals surface area contributed by atoms with Crippen molar-refractivity contribution in [3.05, 3.63) is 60.2 Å². The first-order valence-corrected chi connectivity index (χ1v) is 10.5. The summed E-state index contributed by atoms with van der Waals surface area (Å²) in [5, 5.41) is 2.85. The van der Waals surface area contributed by atoms with Gasteiger partial charge in [-0.1, -0.05) is 36.4 Å². The molecule has 0 spiro atoms. The monoisotopic (exact) mass is 389 g/mol. The Kier molecular flexibility index (Phi) is 7.82. The topological polar surface area (TPSA) is 78.5 Å². The van der Waals surface area contributed by atoms with E-state index < -0.39 is 10.0 Å². The molecular weight excluding hydrogens is 362 g/mol. The molecule has 0 saturated carbocycles. The van der Waals surface area contributed by atoms with Crippen molar-refractivity contribution in [1.82, 2.24) is 10.0 Å². The highest BCUT2D eigenvalue weighted by molar-refractivity contribution is 7.89. The summed E-state index contributed by atoms with van der Waals surface area (Å²) < 4.78 is 26.6. The Morgan fingerprint density at radius 1 is 1.00 bits per heavy atom. The summed E-state index contributed by atoms with van der Waals surface area (Å²) in [5.41, 5.74) is 2.35. The molecule has 2 N–H and O–H groups in total. The van der Waals surface area contributed by atoms with Crippen LogP contribution in [0.4, 0.5) is 5.69 Å². The lowest BCUT2D eigenvalue weighted by molar-refractivity contribution is -0.120. The molecule has 0 radical (unpaired) electrons. The van der Waals surface area contributed by atoms with E-state index in [1.165, 1.54) is 17.7 Å². The molecule has 0 heterocycles. The Hall–Kier alpha value is -2.38. The van der Waals surface area contributed by atoms with Crippen LogP contribution in [0.2, 0.25) is 0 Å². The van der Waals surface area contributed by atoms with Gasteiger partial charge in [-0.3, -0.25) is 4.79 Å². The molecule has 1 amide bonds. The molecule has 2 aromatic carbocycles. The number of nitrogens with one attached hydrogen (secondary N) is 2. The van der Waals surface area contributed by atoms with E-state index in [2.05, 4.69) is 40.9 Å². The second kappa shape index (κ2) is 10.1. The number of amides is 1. The van der Waals surface area contributed by atoms with Crippen LogP contribution in [0.15, 0.2) is 59.5 Å². The first kappa shape index (κ1) is 20.9. The minimum Gasteiger partial charge on any atom is -0.370 e. The minimum atomic E-state index is -3.57. The van der Waals surface area contributed by atoms with Crippen LogP contribution >= 0.6 is 0 Å². The van der Waals surface area contributed by atoms with E-state index in [9.17, 15) is 13.2 Å². The molecule has 0 aliphatic rings. The normalized spacial score (nSPS) is 11.2. The van der Waals surface area contributed by atoms with Crippen LogP contribution < -0.4 is 14.9 Å². The van der Waals surface area contributed by atoms with E-state index in [1.54, 1.807) is 18.2 Å². The van der Waals surface area contributed by atoms with Crippen LogP contribution in [0.5, 0.6) is 0 Å². The molecule has 0 saturated heterocycles. The van der Waals surface area contributed by atoms with Crippen LogP contribution in [-0.4, -0.2) is 40.5 Å². The number of carbonyl (C=O) groups excluding carboxylic acids is 1. The summed E-state index contributed by atoms with van der Waals surface area (Å²) in [6.45, 7) is 6.26. The largest absolute Gasteiger partial charge is 0.370 e. The van der Waals surface area contributed by atoms with Crippen molar-refractivity contribution in [3.8, 4) is 0 Å². The highest BCUT2D eigenvalue weighted by Crippen LogP contribution is 2.18. The summed E-state index contributed by atoms with van der Waals surface area (Å²) in [4.78, 5) is 14.4. The average Bonchev–Trinajstić information content (AvgIpc) is 2.67. The highest BCUT2D eigenvalue weighted by Gasteiger charge is 2.13. The van der Waals surface area contributed by atoms with E-state index in [-0.39, 0.29) is 23.8 Å². The molecule has 0 aliphatic heterocycles. The number of benzene rings is 2. The maximum Gasteiger partial charge on any atom is 0.240 e. The van der Waals surface area contributed by atoms with Gasteiger partial charge < -0.3 is 10.2 Å². The van der Waals surface area contributed by atoms with Crippen LogP contribution in [0.1, 0.15) is 18.9 Å². The summed E-state index contributed by atoms with van der Waals surface area (Å²) in [6.07, 6.45) is 0.0998. The number of aryl methyl sites for hydroxylation is 1. The SMILES string of the molecule is CCN(CCNC(=O)CCNS(=O)(=O)c1ccccc1)c1ccccc1C. The summed E-state index contributed by atoms with van der Waals surface area (Å²) >= 11 is 0. The maximum atomic E-state index is 12.1. The number of nitrogens with zero attached hydrogens (tertiary/aromatic N) is 1. The zero-order chi connectivity index (χ0) is 19.7. The molecular formula is C20H27N3O3S. The van der Waals surface area contributed by atoms with E-state index in [0.29, 0.717) is 13.1 Å². The lowest BCUT2D eigenvalue weighted by Crippen LogP contribution is -2.36. The Labute approximate surface area is 161 Å². The summed E-state index contributed by atoms with van der Waals surface area (Å²) in [7, 11) is -3.57. The van der Waals surface area contributed by atoms with Gasteiger partial charge in [-0.15, -0.1) is 0 Å². The second-order valence-corrected chi connectivity index (χ2v) is 7.94. The standard InChI is InChI=1S/C20H27N3O3S/c1-3-23(19-12-8-7-9-17(19)2)16-15-21-20(24)13-14-22-27(25,26)18-10-5-4-6-11-18/h4-12,22H,3,13-16H2,1-2H3,(H,21,24).